The number of ether oxygens (including phenoxy) is 3. The zero-order valence-electron chi connectivity index (χ0n) is 15.5. The lowest BCUT2D eigenvalue weighted by atomic mass is 10.1. The van der Waals surface area contributed by atoms with Crippen LogP contribution in [0.15, 0.2) is 47.4 Å². The third-order valence-electron chi connectivity index (χ3n) is 3.90. The molecule has 6 nitrogen and oxygen atoms in total. The van der Waals surface area contributed by atoms with Gasteiger partial charge in [-0.25, -0.2) is 13.1 Å². The number of aryl methyl sites for hydroxylation is 1. The van der Waals surface area contributed by atoms with Crippen molar-refractivity contribution in [2.75, 3.05) is 27.4 Å². The third-order valence-corrected chi connectivity index (χ3v) is 5.34. The number of hydrogen-bond acceptors (Lipinski definition) is 5. The molecule has 0 saturated heterocycles. The molecule has 142 valence electrons. The summed E-state index contributed by atoms with van der Waals surface area (Å²) in [5.41, 5.74) is 1.66. The van der Waals surface area contributed by atoms with E-state index in [1.807, 2.05) is 44.2 Å². The summed E-state index contributed by atoms with van der Waals surface area (Å²) < 4.78 is 44.3. The molecule has 0 aromatic heterocycles. The first-order chi connectivity index (χ1) is 12.4. The lowest BCUT2D eigenvalue weighted by Gasteiger charge is -2.18. The van der Waals surface area contributed by atoms with Crippen LogP contribution in [0.25, 0.3) is 0 Å². The normalized spacial score (nSPS) is 12.6. The first-order valence-corrected chi connectivity index (χ1v) is 9.79. The molecule has 0 fully saturated rings. The molecule has 26 heavy (non-hydrogen) atoms. The van der Waals surface area contributed by atoms with Crippen molar-refractivity contribution in [3.63, 3.8) is 0 Å². The topological polar surface area (TPSA) is 73.9 Å². The summed E-state index contributed by atoms with van der Waals surface area (Å²) in [4.78, 5) is 0.125. The van der Waals surface area contributed by atoms with Gasteiger partial charge in [0.25, 0.3) is 0 Å². The predicted molar refractivity (Wildman–Crippen MR) is 100 cm³/mol. The van der Waals surface area contributed by atoms with E-state index in [9.17, 15) is 8.42 Å². The number of sulfonamides is 1. The molecule has 0 spiro atoms. The summed E-state index contributed by atoms with van der Waals surface area (Å²) in [6.45, 7) is 4.12. The average molecular weight is 379 g/mol. The van der Waals surface area contributed by atoms with E-state index in [1.54, 1.807) is 19.2 Å². The van der Waals surface area contributed by atoms with E-state index in [-0.39, 0.29) is 11.4 Å². The minimum absolute atomic E-state index is 0.0888. The van der Waals surface area contributed by atoms with Gasteiger partial charge in [0.05, 0.1) is 19.8 Å². The Bertz CT molecular complexity index is 836. The molecule has 2 rings (SSSR count). The lowest BCUT2D eigenvalue weighted by molar-refractivity contribution is 0.107. The van der Waals surface area contributed by atoms with Gasteiger partial charge >= 0.3 is 0 Å². The summed E-state index contributed by atoms with van der Waals surface area (Å²) in [5.74, 6) is 1.02. The molecule has 0 amide bonds. The second-order valence-corrected chi connectivity index (χ2v) is 7.47. The monoisotopic (exact) mass is 379 g/mol. The largest absolute Gasteiger partial charge is 0.497 e. The molecule has 0 aliphatic rings. The van der Waals surface area contributed by atoms with E-state index in [2.05, 4.69) is 4.72 Å². The second-order valence-electron chi connectivity index (χ2n) is 5.74. The van der Waals surface area contributed by atoms with Crippen LogP contribution in [0.5, 0.6) is 11.5 Å². The molecule has 0 saturated carbocycles. The Morgan fingerprint density at radius 2 is 1.88 bits per heavy atom. The van der Waals surface area contributed by atoms with Crippen LogP contribution in [0.4, 0.5) is 0 Å². The molecule has 0 radical (unpaired) electrons. The lowest BCUT2D eigenvalue weighted by Crippen LogP contribution is -2.29. The van der Waals surface area contributed by atoms with Gasteiger partial charge in [0, 0.05) is 13.7 Å². The highest BCUT2D eigenvalue weighted by atomic mass is 32.2. The molecule has 0 heterocycles. The molecular weight excluding hydrogens is 354 g/mol. The van der Waals surface area contributed by atoms with E-state index in [0.29, 0.717) is 18.1 Å². The number of methoxy groups -OCH3 is 2. The minimum atomic E-state index is -3.75. The Kier molecular flexibility index (Phi) is 7.02. The minimum Gasteiger partial charge on any atom is -0.497 e. The smallest absolute Gasteiger partial charge is 0.244 e. The molecule has 7 heteroatoms. The van der Waals surface area contributed by atoms with Crippen molar-refractivity contribution in [1.82, 2.24) is 4.72 Å². The average Bonchev–Trinajstić information content (AvgIpc) is 2.64. The molecule has 1 N–H and O–H groups in total. The Morgan fingerprint density at radius 1 is 1.12 bits per heavy atom. The quantitative estimate of drug-likeness (QED) is 0.725. The van der Waals surface area contributed by atoms with Crippen LogP contribution in [0.3, 0.4) is 0 Å². The second kappa shape index (κ2) is 9.02. The van der Waals surface area contributed by atoms with Crippen molar-refractivity contribution < 1.29 is 22.6 Å². The molecule has 1 atom stereocenters. The van der Waals surface area contributed by atoms with Gasteiger partial charge < -0.3 is 14.2 Å². The fourth-order valence-electron chi connectivity index (χ4n) is 2.54. The van der Waals surface area contributed by atoms with Gasteiger partial charge in [-0.3, -0.25) is 0 Å². The SMILES string of the molecule is CCOc1ccc(C)cc1S(=O)(=O)NCC(OC)c1cccc(OC)c1. The zero-order chi connectivity index (χ0) is 19.2. The van der Waals surface area contributed by atoms with Crippen LogP contribution >= 0.6 is 0 Å². The van der Waals surface area contributed by atoms with E-state index in [1.165, 1.54) is 7.11 Å². The van der Waals surface area contributed by atoms with Gasteiger partial charge in [0.2, 0.25) is 10.0 Å². The van der Waals surface area contributed by atoms with E-state index in [4.69, 9.17) is 14.2 Å². The van der Waals surface area contributed by atoms with Gasteiger partial charge in [0.15, 0.2) is 0 Å². The van der Waals surface area contributed by atoms with Crippen molar-refractivity contribution in [2.24, 2.45) is 0 Å². The zero-order valence-corrected chi connectivity index (χ0v) is 16.3. The summed E-state index contributed by atoms with van der Waals surface area (Å²) in [6.07, 6.45) is -0.444. The van der Waals surface area contributed by atoms with Crippen molar-refractivity contribution in [3.05, 3.63) is 53.6 Å². The van der Waals surface area contributed by atoms with Gasteiger partial charge in [-0.15, -0.1) is 0 Å². The van der Waals surface area contributed by atoms with Gasteiger partial charge in [-0.2, -0.15) is 0 Å². The van der Waals surface area contributed by atoms with Crippen molar-refractivity contribution >= 4 is 10.0 Å². The van der Waals surface area contributed by atoms with Crippen molar-refractivity contribution in [2.45, 2.75) is 24.8 Å². The summed E-state index contributed by atoms with van der Waals surface area (Å²) in [7, 11) is -0.632. The van der Waals surface area contributed by atoms with E-state index in [0.717, 1.165) is 11.1 Å². The first kappa shape index (κ1) is 20.2. The van der Waals surface area contributed by atoms with Crippen LogP contribution in [-0.2, 0) is 14.8 Å². The van der Waals surface area contributed by atoms with Gasteiger partial charge in [0.1, 0.15) is 16.4 Å². The van der Waals surface area contributed by atoms with Crippen LogP contribution < -0.4 is 14.2 Å². The van der Waals surface area contributed by atoms with Gasteiger partial charge in [-0.05, 0) is 49.2 Å². The number of hydrogen-bond donors (Lipinski definition) is 1. The maximum atomic E-state index is 12.8. The molecule has 0 bridgehead atoms. The van der Waals surface area contributed by atoms with E-state index >= 15 is 0 Å². The molecule has 2 aromatic rings. The highest BCUT2D eigenvalue weighted by Crippen LogP contribution is 2.26. The van der Waals surface area contributed by atoms with Crippen LogP contribution in [0.2, 0.25) is 0 Å². The van der Waals surface area contributed by atoms with Crippen molar-refractivity contribution in [1.29, 1.82) is 0 Å². The van der Waals surface area contributed by atoms with Crippen LogP contribution in [0, 0.1) is 6.92 Å². The Labute approximate surface area is 155 Å². The standard InChI is InChI=1S/C19H25NO5S/c1-5-25-17-10-9-14(2)11-19(17)26(21,22)20-13-18(24-4)15-7-6-8-16(12-15)23-3/h6-12,18,20H,5,13H2,1-4H3. The fourth-order valence-corrected chi connectivity index (χ4v) is 3.80. The Balaban J connectivity index is 2.22. The van der Waals surface area contributed by atoms with E-state index < -0.39 is 16.1 Å². The van der Waals surface area contributed by atoms with Crippen molar-refractivity contribution in [3.8, 4) is 11.5 Å². The molecule has 1 unspecified atom stereocenters. The van der Waals surface area contributed by atoms with Crippen LogP contribution in [-0.4, -0.2) is 35.8 Å². The summed E-state index contributed by atoms with van der Waals surface area (Å²) in [6, 6.07) is 12.4. The highest BCUT2D eigenvalue weighted by Gasteiger charge is 2.22. The number of rotatable bonds is 9. The molecular formula is C19H25NO5S. The van der Waals surface area contributed by atoms with Crippen LogP contribution in [0.1, 0.15) is 24.2 Å². The first-order valence-electron chi connectivity index (χ1n) is 8.31. The highest BCUT2D eigenvalue weighted by molar-refractivity contribution is 7.89. The molecule has 2 aromatic carbocycles. The summed E-state index contributed by atoms with van der Waals surface area (Å²) in [5, 5.41) is 0. The third kappa shape index (κ3) is 4.97. The predicted octanol–water partition coefficient (Wildman–Crippen LogP) is 3.07. The van der Waals surface area contributed by atoms with Gasteiger partial charge in [-0.1, -0.05) is 18.2 Å². The number of nitrogens with one attached hydrogen (secondary N) is 1. The maximum Gasteiger partial charge on any atom is 0.244 e. The molecule has 0 aliphatic heterocycles. The fraction of sp³-hybridized carbons (Fsp3) is 0.368. The maximum absolute atomic E-state index is 12.8. The Morgan fingerprint density at radius 3 is 2.54 bits per heavy atom. The number of benzene rings is 2. The molecule has 0 aliphatic carbocycles. The summed E-state index contributed by atoms with van der Waals surface area (Å²) >= 11 is 0. The Hall–Kier alpha value is -2.09.